The van der Waals surface area contributed by atoms with Gasteiger partial charge in [-0.2, -0.15) is 0 Å². The number of amides is 1. The molecule has 2 aromatic heterocycles. The SMILES string of the molecule is CO[C@@]1(NC(=S)Cc2nc(CC(N)C(=O)O)c[nH]2)C(=O)N2C(C(=O)OC(C(=O)O)(C(C)(C)C)C(C)(C)C)=C(C(=S)c3nnnn3C)CS[C@H]21. The molecule has 0 spiro atoms. The number of methoxy groups -OCH3 is 1. The van der Waals surface area contributed by atoms with Gasteiger partial charge in [-0.1, -0.05) is 66.0 Å². The van der Waals surface area contributed by atoms with Gasteiger partial charge in [0.15, 0.2) is 5.82 Å². The number of H-pyrrole nitrogens is 1. The number of fused-ring (bicyclic) bond motifs is 1. The number of thiocarbonyl (C=S) groups is 2. The minimum Gasteiger partial charge on any atom is -0.480 e. The third-order valence-electron chi connectivity index (χ3n) is 8.39. The predicted molar refractivity (Wildman–Crippen MR) is 183 cm³/mol. The molecule has 20 heteroatoms. The predicted octanol–water partition coefficient (Wildman–Crippen LogP) is 0.736. The lowest BCUT2D eigenvalue weighted by molar-refractivity contribution is -0.214. The van der Waals surface area contributed by atoms with Gasteiger partial charge < -0.3 is 35.7 Å². The van der Waals surface area contributed by atoms with Crippen molar-refractivity contribution in [3.05, 3.63) is 34.8 Å². The van der Waals surface area contributed by atoms with Gasteiger partial charge >= 0.3 is 17.9 Å². The monoisotopic (exact) mass is 737 g/mol. The van der Waals surface area contributed by atoms with Gasteiger partial charge in [0.25, 0.3) is 11.6 Å². The minimum absolute atomic E-state index is 0.00636. The number of tetrazole rings is 1. The molecule has 0 saturated carbocycles. The van der Waals surface area contributed by atoms with Crippen molar-refractivity contribution in [2.24, 2.45) is 23.6 Å². The molecule has 4 rings (SSSR count). The van der Waals surface area contributed by atoms with Gasteiger partial charge in [-0.3, -0.25) is 14.5 Å². The molecule has 1 saturated heterocycles. The van der Waals surface area contributed by atoms with Gasteiger partial charge in [0.2, 0.25) is 5.60 Å². The standard InChI is InChI=1S/C29H39N9O8S3/c1-26(2,3)29(25(43)44,27(4,5)6)46-22(41)18-14(19(48)20-34-35-36-37(20)7)12-49-24-28(45-8,23(42)38(18)24)33-17(47)10-16-31-11-13(32-16)9-15(30)21(39)40/h11,15,24H,9-10,12,30H2,1-8H3,(H,31,32)(H,33,47)(H,39,40)(H,43,44)/t15?,24-,28-/m0/s1. The van der Waals surface area contributed by atoms with Crippen molar-refractivity contribution in [2.45, 2.75) is 77.1 Å². The number of ether oxygens (including phenoxy) is 2. The number of carbonyl (C=O) groups excluding carboxylic acids is 2. The van der Waals surface area contributed by atoms with Crippen molar-refractivity contribution in [1.29, 1.82) is 0 Å². The van der Waals surface area contributed by atoms with Gasteiger partial charge in [-0.05, 0) is 10.4 Å². The Morgan fingerprint density at radius 3 is 2.35 bits per heavy atom. The van der Waals surface area contributed by atoms with Crippen LogP contribution in [0, 0.1) is 10.8 Å². The molecule has 2 aliphatic rings. The molecular weight excluding hydrogens is 699 g/mol. The first-order valence-electron chi connectivity index (χ1n) is 14.9. The quantitative estimate of drug-likeness (QED) is 0.0663. The average molecular weight is 738 g/mol. The van der Waals surface area contributed by atoms with Crippen LogP contribution in [0.15, 0.2) is 17.5 Å². The minimum atomic E-state index is -2.05. The Bertz CT molecular complexity index is 1730. The smallest absolute Gasteiger partial charge is 0.356 e. The molecule has 266 valence electrons. The molecule has 17 nitrogen and oxygen atoms in total. The van der Waals surface area contributed by atoms with Crippen LogP contribution in [-0.4, -0.2) is 115 Å². The van der Waals surface area contributed by atoms with Crippen LogP contribution < -0.4 is 11.1 Å². The van der Waals surface area contributed by atoms with Gasteiger partial charge in [-0.15, -0.1) is 16.9 Å². The van der Waals surface area contributed by atoms with Crippen LogP contribution in [-0.2, 0) is 48.5 Å². The molecule has 0 bridgehead atoms. The molecule has 0 aliphatic carbocycles. The molecule has 3 atom stereocenters. The Morgan fingerprint density at radius 2 is 1.84 bits per heavy atom. The lowest BCUT2D eigenvalue weighted by atomic mass is 9.62. The number of aliphatic carboxylic acids is 2. The Labute approximate surface area is 296 Å². The highest BCUT2D eigenvalue weighted by molar-refractivity contribution is 8.00. The van der Waals surface area contributed by atoms with E-state index >= 15 is 0 Å². The normalized spacial score (nSPS) is 20.3. The molecule has 2 aliphatic heterocycles. The summed E-state index contributed by atoms with van der Waals surface area (Å²) in [5.41, 5.74) is -0.00819. The Balaban J connectivity index is 1.71. The summed E-state index contributed by atoms with van der Waals surface area (Å²) >= 11 is 12.5. The molecular formula is C29H39N9O8S3. The second kappa shape index (κ2) is 13.5. The molecule has 0 aromatic carbocycles. The maximum Gasteiger partial charge on any atom is 0.356 e. The number of nitrogens with one attached hydrogen (secondary N) is 2. The number of aromatic nitrogens is 6. The van der Waals surface area contributed by atoms with E-state index in [4.69, 9.17) is 44.7 Å². The first-order valence-corrected chi connectivity index (χ1v) is 16.8. The van der Waals surface area contributed by atoms with E-state index in [2.05, 4.69) is 30.8 Å². The molecule has 0 radical (unpaired) electrons. The van der Waals surface area contributed by atoms with Crippen LogP contribution in [0.3, 0.4) is 0 Å². The fraction of sp³-hybridized carbons (Fsp3) is 0.586. The van der Waals surface area contributed by atoms with Crippen LogP contribution in [0.5, 0.6) is 0 Å². The van der Waals surface area contributed by atoms with Crippen LogP contribution in [0.2, 0.25) is 0 Å². The first-order chi connectivity index (χ1) is 22.6. The number of aryl methyl sites for hydroxylation is 1. The van der Waals surface area contributed by atoms with Crippen LogP contribution >= 0.6 is 36.2 Å². The number of hydrogen-bond donors (Lipinski definition) is 5. The number of nitrogens with zero attached hydrogens (tertiary/aromatic N) is 6. The zero-order valence-corrected chi connectivity index (χ0v) is 30.6. The molecule has 1 fully saturated rings. The van der Waals surface area contributed by atoms with E-state index < -0.39 is 57.4 Å². The topological polar surface area (TPSA) is 241 Å². The Hall–Kier alpha value is -3.85. The Kier molecular flexibility index (Phi) is 10.4. The van der Waals surface area contributed by atoms with Gasteiger partial charge in [0.1, 0.15) is 22.9 Å². The lowest BCUT2D eigenvalue weighted by Gasteiger charge is -2.57. The third kappa shape index (κ3) is 6.58. The number of aromatic amines is 1. The maximum atomic E-state index is 14.4. The number of carboxylic acid groups (broad SMARTS) is 2. The number of imidazole rings is 1. The molecule has 2 aromatic rings. The molecule has 1 unspecified atom stereocenters. The summed E-state index contributed by atoms with van der Waals surface area (Å²) in [6.45, 7) is 9.93. The molecule has 4 heterocycles. The molecule has 1 amide bonds. The van der Waals surface area contributed by atoms with Crippen LogP contribution in [0.25, 0.3) is 0 Å². The number of hydrogen-bond acceptors (Lipinski definition) is 14. The van der Waals surface area contributed by atoms with E-state index in [0.29, 0.717) is 11.5 Å². The summed E-state index contributed by atoms with van der Waals surface area (Å²) in [5.74, 6) is -3.70. The van der Waals surface area contributed by atoms with Crippen molar-refractivity contribution in [2.75, 3.05) is 12.9 Å². The number of β-lactam (4-membered cyclic amide) rings is 1. The van der Waals surface area contributed by atoms with Crippen molar-refractivity contribution in [3.63, 3.8) is 0 Å². The summed E-state index contributed by atoms with van der Waals surface area (Å²) in [7, 11) is 2.87. The second-order valence-electron chi connectivity index (χ2n) is 13.6. The maximum absolute atomic E-state index is 14.4. The largest absolute Gasteiger partial charge is 0.480 e. The summed E-state index contributed by atoms with van der Waals surface area (Å²) in [6, 6.07) is -1.14. The van der Waals surface area contributed by atoms with Crippen molar-refractivity contribution < 1.29 is 38.9 Å². The number of carbonyl (C=O) groups is 4. The van der Waals surface area contributed by atoms with Crippen molar-refractivity contribution >= 4 is 69.9 Å². The van der Waals surface area contributed by atoms with E-state index in [-0.39, 0.29) is 45.5 Å². The zero-order chi connectivity index (χ0) is 36.9. The van der Waals surface area contributed by atoms with E-state index in [0.717, 1.165) is 4.90 Å². The van der Waals surface area contributed by atoms with E-state index in [1.54, 1.807) is 48.6 Å². The summed E-state index contributed by atoms with van der Waals surface area (Å²) in [4.78, 5) is 61.3. The average Bonchev–Trinajstić information content (AvgIpc) is 3.63. The van der Waals surface area contributed by atoms with Crippen molar-refractivity contribution in [1.82, 2.24) is 40.4 Å². The highest BCUT2D eigenvalue weighted by Crippen LogP contribution is 2.51. The van der Waals surface area contributed by atoms with Gasteiger partial charge in [0.05, 0.1) is 22.0 Å². The molecule has 49 heavy (non-hydrogen) atoms. The first kappa shape index (κ1) is 38.0. The number of esters is 1. The number of carboxylic acids is 2. The third-order valence-corrected chi connectivity index (χ3v) is 10.4. The highest BCUT2D eigenvalue weighted by atomic mass is 32.2. The highest BCUT2D eigenvalue weighted by Gasteiger charge is 2.68. The fourth-order valence-electron chi connectivity index (χ4n) is 6.22. The van der Waals surface area contributed by atoms with Crippen molar-refractivity contribution in [3.8, 4) is 0 Å². The number of nitrogens with two attached hydrogens (primary N) is 1. The van der Waals surface area contributed by atoms with E-state index in [9.17, 15) is 24.3 Å². The van der Waals surface area contributed by atoms with E-state index in [1.165, 1.54) is 29.8 Å². The lowest BCUT2D eigenvalue weighted by Crippen LogP contribution is -2.81. The summed E-state index contributed by atoms with van der Waals surface area (Å²) in [5, 5.41) is 33.2. The number of thioether (sulfide) groups is 1. The number of rotatable bonds is 12. The van der Waals surface area contributed by atoms with Gasteiger partial charge in [0, 0.05) is 48.9 Å². The zero-order valence-electron chi connectivity index (χ0n) is 28.2. The van der Waals surface area contributed by atoms with Crippen LogP contribution in [0.4, 0.5) is 0 Å². The molecule has 6 N–H and O–H groups in total. The van der Waals surface area contributed by atoms with Gasteiger partial charge in [-0.25, -0.2) is 19.3 Å². The van der Waals surface area contributed by atoms with E-state index in [1.807, 2.05) is 0 Å². The Morgan fingerprint density at radius 1 is 1.20 bits per heavy atom. The second-order valence-corrected chi connectivity index (χ2v) is 15.6. The summed E-state index contributed by atoms with van der Waals surface area (Å²) in [6.07, 6.45) is 1.55. The summed E-state index contributed by atoms with van der Waals surface area (Å²) < 4.78 is 13.1. The fourth-order valence-corrected chi connectivity index (χ4v) is 8.39. The van der Waals surface area contributed by atoms with Crippen LogP contribution in [0.1, 0.15) is 58.9 Å².